The highest BCUT2D eigenvalue weighted by Gasteiger charge is 2.20. The van der Waals surface area contributed by atoms with Crippen LogP contribution in [0.5, 0.6) is 0 Å². The summed E-state index contributed by atoms with van der Waals surface area (Å²) in [5.74, 6) is 0.144. The Balaban J connectivity index is 2.72. The molecule has 3 N–H and O–H groups in total. The van der Waals surface area contributed by atoms with Crippen molar-refractivity contribution in [1.29, 1.82) is 0 Å². The number of aryl methyl sites for hydroxylation is 1. The van der Waals surface area contributed by atoms with Crippen LogP contribution in [0.3, 0.4) is 0 Å². The van der Waals surface area contributed by atoms with Crippen LogP contribution in [0, 0.1) is 11.8 Å². The summed E-state index contributed by atoms with van der Waals surface area (Å²) in [6, 6.07) is 7.93. The molecule has 0 spiro atoms. The van der Waals surface area contributed by atoms with Gasteiger partial charge in [0.05, 0.1) is 5.92 Å². The third kappa shape index (κ3) is 3.86. The molecule has 0 aliphatic carbocycles. The first-order valence-electron chi connectivity index (χ1n) is 6.18. The monoisotopic (exact) mass is 234 g/mol. The lowest BCUT2D eigenvalue weighted by molar-refractivity contribution is -0.120. The molecule has 0 aliphatic rings. The van der Waals surface area contributed by atoms with Gasteiger partial charge in [-0.2, -0.15) is 0 Å². The Morgan fingerprint density at radius 1 is 1.41 bits per heavy atom. The van der Waals surface area contributed by atoms with Crippen LogP contribution >= 0.6 is 0 Å². The van der Waals surface area contributed by atoms with Crippen molar-refractivity contribution in [3.05, 3.63) is 29.8 Å². The molecular weight excluding hydrogens is 212 g/mol. The van der Waals surface area contributed by atoms with Gasteiger partial charge in [0.15, 0.2) is 0 Å². The molecular formula is C14H22N2O. The normalized spacial score (nSPS) is 12.5. The zero-order valence-corrected chi connectivity index (χ0v) is 10.9. The second kappa shape index (κ2) is 6.40. The fourth-order valence-corrected chi connectivity index (χ4v) is 1.79. The predicted molar refractivity (Wildman–Crippen MR) is 71.8 cm³/mol. The van der Waals surface area contributed by atoms with Crippen LogP contribution in [0.1, 0.15) is 26.3 Å². The molecule has 1 unspecified atom stereocenters. The summed E-state index contributed by atoms with van der Waals surface area (Å²) >= 11 is 0. The Morgan fingerprint density at radius 3 is 2.65 bits per heavy atom. The Morgan fingerprint density at radius 2 is 2.12 bits per heavy atom. The van der Waals surface area contributed by atoms with E-state index < -0.39 is 0 Å². The molecule has 0 aromatic heterocycles. The van der Waals surface area contributed by atoms with E-state index in [9.17, 15) is 4.79 Å². The topological polar surface area (TPSA) is 55.1 Å². The lowest BCUT2D eigenvalue weighted by Crippen LogP contribution is -2.33. The van der Waals surface area contributed by atoms with E-state index in [1.54, 1.807) is 0 Å². The average Bonchev–Trinajstić information content (AvgIpc) is 2.29. The number of amides is 1. The Bertz CT molecular complexity index is 374. The van der Waals surface area contributed by atoms with Crippen molar-refractivity contribution in [3.8, 4) is 0 Å². The Labute approximate surface area is 103 Å². The number of nitrogens with two attached hydrogens (primary N) is 1. The zero-order valence-electron chi connectivity index (χ0n) is 10.9. The van der Waals surface area contributed by atoms with E-state index in [1.165, 1.54) is 5.56 Å². The smallest absolute Gasteiger partial charge is 0.229 e. The third-order valence-corrected chi connectivity index (χ3v) is 3.00. The lowest BCUT2D eigenvalue weighted by Gasteiger charge is -2.18. The summed E-state index contributed by atoms with van der Waals surface area (Å²) in [6.07, 6.45) is 0.966. The number of carbonyl (C=O) groups excluding carboxylic acids is 1. The summed E-state index contributed by atoms with van der Waals surface area (Å²) in [5.41, 5.74) is 7.70. The Hall–Kier alpha value is -1.35. The molecule has 0 bridgehead atoms. The van der Waals surface area contributed by atoms with Gasteiger partial charge >= 0.3 is 0 Å². The maximum atomic E-state index is 12.0. The van der Waals surface area contributed by atoms with Gasteiger partial charge in [0.2, 0.25) is 5.91 Å². The highest BCUT2D eigenvalue weighted by atomic mass is 16.1. The molecule has 0 saturated carbocycles. The van der Waals surface area contributed by atoms with Crippen molar-refractivity contribution in [2.24, 2.45) is 17.6 Å². The second-order valence-corrected chi connectivity index (χ2v) is 4.63. The zero-order chi connectivity index (χ0) is 12.8. The number of hydrogen-bond acceptors (Lipinski definition) is 2. The number of nitrogens with one attached hydrogen (secondary N) is 1. The first kappa shape index (κ1) is 13.7. The first-order chi connectivity index (χ1) is 8.08. The van der Waals surface area contributed by atoms with Crippen LogP contribution in [0.2, 0.25) is 0 Å². The molecule has 0 radical (unpaired) electrons. The molecule has 0 aliphatic heterocycles. The molecule has 1 aromatic carbocycles. The summed E-state index contributed by atoms with van der Waals surface area (Å²) in [5, 5.41) is 2.93. The molecule has 1 aromatic rings. The predicted octanol–water partition coefficient (Wildman–Crippen LogP) is 2.42. The van der Waals surface area contributed by atoms with Gasteiger partial charge in [-0.3, -0.25) is 4.79 Å². The number of hydrogen-bond donors (Lipinski definition) is 2. The van der Waals surface area contributed by atoms with Crippen molar-refractivity contribution >= 4 is 11.6 Å². The van der Waals surface area contributed by atoms with Crippen molar-refractivity contribution in [2.45, 2.75) is 27.2 Å². The van der Waals surface area contributed by atoms with E-state index >= 15 is 0 Å². The standard InChI is InChI=1S/C14H22N2O/c1-4-11-6-5-7-12(8-11)16-14(17)13(9-15)10(2)3/h5-8,10,13H,4,9,15H2,1-3H3,(H,16,17). The quantitative estimate of drug-likeness (QED) is 0.822. The summed E-state index contributed by atoms with van der Waals surface area (Å²) < 4.78 is 0. The largest absolute Gasteiger partial charge is 0.330 e. The van der Waals surface area contributed by atoms with E-state index in [0.29, 0.717) is 6.54 Å². The van der Waals surface area contributed by atoms with Crippen LogP contribution < -0.4 is 11.1 Å². The van der Waals surface area contributed by atoms with Crippen LogP contribution in [-0.4, -0.2) is 12.5 Å². The van der Waals surface area contributed by atoms with Gasteiger partial charge in [-0.15, -0.1) is 0 Å². The van der Waals surface area contributed by atoms with Gasteiger partial charge < -0.3 is 11.1 Å². The lowest BCUT2D eigenvalue weighted by atomic mass is 9.95. The van der Waals surface area contributed by atoms with Crippen LogP contribution in [0.4, 0.5) is 5.69 Å². The molecule has 1 rings (SSSR count). The van der Waals surface area contributed by atoms with Gasteiger partial charge in [0, 0.05) is 12.2 Å². The molecule has 3 heteroatoms. The number of anilines is 1. The second-order valence-electron chi connectivity index (χ2n) is 4.63. The minimum Gasteiger partial charge on any atom is -0.330 e. The number of benzene rings is 1. The third-order valence-electron chi connectivity index (χ3n) is 3.00. The maximum Gasteiger partial charge on any atom is 0.229 e. The minimum absolute atomic E-state index is 0.00996. The summed E-state index contributed by atoms with van der Waals surface area (Å²) in [4.78, 5) is 12.0. The fraction of sp³-hybridized carbons (Fsp3) is 0.500. The van der Waals surface area contributed by atoms with Gasteiger partial charge in [-0.05, 0) is 30.0 Å². The van der Waals surface area contributed by atoms with Gasteiger partial charge in [0.1, 0.15) is 0 Å². The van der Waals surface area contributed by atoms with Crippen molar-refractivity contribution in [1.82, 2.24) is 0 Å². The molecule has 0 heterocycles. The van der Waals surface area contributed by atoms with Crippen LogP contribution in [0.15, 0.2) is 24.3 Å². The van der Waals surface area contributed by atoms with E-state index in [2.05, 4.69) is 18.3 Å². The number of rotatable bonds is 5. The van der Waals surface area contributed by atoms with Crippen molar-refractivity contribution in [2.75, 3.05) is 11.9 Å². The SMILES string of the molecule is CCc1cccc(NC(=O)C(CN)C(C)C)c1. The fourth-order valence-electron chi connectivity index (χ4n) is 1.79. The molecule has 0 saturated heterocycles. The molecule has 0 fully saturated rings. The number of carbonyl (C=O) groups is 1. The van der Waals surface area contributed by atoms with Crippen molar-refractivity contribution in [3.63, 3.8) is 0 Å². The van der Waals surface area contributed by atoms with Gasteiger partial charge in [-0.1, -0.05) is 32.9 Å². The van der Waals surface area contributed by atoms with E-state index in [1.807, 2.05) is 32.0 Å². The van der Waals surface area contributed by atoms with Crippen molar-refractivity contribution < 1.29 is 4.79 Å². The van der Waals surface area contributed by atoms with Gasteiger partial charge in [-0.25, -0.2) is 0 Å². The maximum absolute atomic E-state index is 12.0. The molecule has 1 amide bonds. The molecule has 94 valence electrons. The summed E-state index contributed by atoms with van der Waals surface area (Å²) in [7, 11) is 0. The summed E-state index contributed by atoms with van der Waals surface area (Å²) in [6.45, 7) is 6.51. The Kier molecular flexibility index (Phi) is 5.16. The van der Waals surface area contributed by atoms with Crippen LogP contribution in [0.25, 0.3) is 0 Å². The molecule has 17 heavy (non-hydrogen) atoms. The first-order valence-corrected chi connectivity index (χ1v) is 6.18. The molecule has 1 atom stereocenters. The van der Waals surface area contributed by atoms with E-state index in [4.69, 9.17) is 5.73 Å². The van der Waals surface area contributed by atoms with Crippen LogP contribution in [-0.2, 0) is 11.2 Å². The molecule has 3 nitrogen and oxygen atoms in total. The van der Waals surface area contributed by atoms with E-state index in [-0.39, 0.29) is 17.7 Å². The highest BCUT2D eigenvalue weighted by Crippen LogP contribution is 2.15. The minimum atomic E-state index is -0.125. The van der Waals surface area contributed by atoms with E-state index in [0.717, 1.165) is 12.1 Å². The average molecular weight is 234 g/mol. The highest BCUT2D eigenvalue weighted by molar-refractivity contribution is 5.92. The van der Waals surface area contributed by atoms with Gasteiger partial charge in [0.25, 0.3) is 0 Å².